The normalized spacial score (nSPS) is 9.63. The average Bonchev–Trinajstić information content (AvgIpc) is 3.37. The highest BCUT2D eigenvalue weighted by atomic mass is 16.5. The number of methoxy groups -OCH3 is 1. The zero-order valence-electron chi connectivity index (χ0n) is 25.6. The number of ether oxygens (including phenoxy) is 1. The van der Waals surface area contributed by atoms with Gasteiger partial charge in [0, 0.05) is 0 Å². The van der Waals surface area contributed by atoms with Crippen LogP contribution in [0.15, 0.2) is 52.9 Å². The predicted molar refractivity (Wildman–Crippen MR) is 164 cm³/mol. The van der Waals surface area contributed by atoms with Crippen LogP contribution in [0.2, 0.25) is 0 Å². The number of carbonyl (C=O) groups excluding carboxylic acids is 1. The van der Waals surface area contributed by atoms with Gasteiger partial charge in [0.25, 0.3) is 5.91 Å². The van der Waals surface area contributed by atoms with E-state index in [1.54, 1.807) is 26.2 Å². The highest BCUT2D eigenvalue weighted by Crippen LogP contribution is 2.30. The van der Waals surface area contributed by atoms with Gasteiger partial charge in [-0.25, -0.2) is 0 Å². The molecular formula is C33H52N2O3. The van der Waals surface area contributed by atoms with E-state index < -0.39 is 0 Å². The standard InChI is InChI=1S/C15H17NO3.C12H19N.C4H10.C2H6/c1-9-7-10(2)14(13(8-9)18-4)16-15(17)12-6-5-11(3)19-12;1-3-5-11-6-4-7-12(10-11)8-9-13-2;1-3-4-2;1-2/h5-8H,1-4H3,(H,16,17);4,6-7,10,13H,3,5,8-9H2,1-2H3;3-4H2,1-2H3;1-2H3. The van der Waals surface area contributed by atoms with Crippen molar-refractivity contribution in [1.82, 2.24) is 5.32 Å². The summed E-state index contributed by atoms with van der Waals surface area (Å²) in [6.07, 6.45) is 6.21. The van der Waals surface area contributed by atoms with Crippen LogP contribution >= 0.6 is 0 Å². The third-order valence-corrected chi connectivity index (χ3v) is 5.56. The van der Waals surface area contributed by atoms with Crippen molar-refractivity contribution in [3.63, 3.8) is 0 Å². The molecule has 1 aromatic heterocycles. The molecule has 0 radical (unpaired) electrons. The highest BCUT2D eigenvalue weighted by Gasteiger charge is 2.15. The molecule has 5 nitrogen and oxygen atoms in total. The topological polar surface area (TPSA) is 63.5 Å². The molecule has 1 amide bonds. The van der Waals surface area contributed by atoms with Crippen molar-refractivity contribution in [1.29, 1.82) is 0 Å². The molecule has 0 spiro atoms. The summed E-state index contributed by atoms with van der Waals surface area (Å²) < 4.78 is 10.6. The largest absolute Gasteiger partial charge is 0.495 e. The van der Waals surface area contributed by atoms with E-state index in [-0.39, 0.29) is 5.91 Å². The number of amides is 1. The Bertz CT molecular complexity index is 1040. The molecular weight excluding hydrogens is 472 g/mol. The fraction of sp³-hybridized carbons (Fsp3) is 0.485. The number of aryl methyl sites for hydroxylation is 4. The fourth-order valence-electron chi connectivity index (χ4n) is 3.48. The van der Waals surface area contributed by atoms with Gasteiger partial charge in [0.15, 0.2) is 5.76 Å². The number of nitrogens with one attached hydrogen (secondary N) is 2. The van der Waals surface area contributed by atoms with Crippen molar-refractivity contribution in [3.05, 3.63) is 82.3 Å². The summed E-state index contributed by atoms with van der Waals surface area (Å²) in [5.74, 6) is 1.37. The van der Waals surface area contributed by atoms with Gasteiger partial charge in [0.1, 0.15) is 11.5 Å². The molecule has 0 aliphatic heterocycles. The average molecular weight is 525 g/mol. The lowest BCUT2D eigenvalue weighted by molar-refractivity contribution is 0.0995. The van der Waals surface area contributed by atoms with Crippen LogP contribution in [-0.2, 0) is 12.8 Å². The molecule has 5 heteroatoms. The Labute approximate surface area is 232 Å². The maximum absolute atomic E-state index is 12.1. The van der Waals surface area contributed by atoms with Crippen LogP contribution in [-0.4, -0.2) is 26.6 Å². The second kappa shape index (κ2) is 20.9. The molecule has 0 fully saturated rings. The van der Waals surface area contributed by atoms with E-state index >= 15 is 0 Å². The number of hydrogen-bond acceptors (Lipinski definition) is 4. The molecule has 3 rings (SSSR count). The molecule has 0 bridgehead atoms. The molecule has 2 N–H and O–H groups in total. The van der Waals surface area contributed by atoms with Gasteiger partial charge < -0.3 is 19.8 Å². The first kappa shape index (κ1) is 35.0. The quantitative estimate of drug-likeness (QED) is 0.294. The van der Waals surface area contributed by atoms with E-state index in [1.165, 1.54) is 36.8 Å². The monoisotopic (exact) mass is 524 g/mol. The van der Waals surface area contributed by atoms with E-state index in [1.807, 2.05) is 46.9 Å². The molecule has 2 aromatic carbocycles. The Hall–Kier alpha value is -3.05. The first-order valence-corrected chi connectivity index (χ1v) is 14.0. The number of benzene rings is 2. The van der Waals surface area contributed by atoms with Crippen molar-refractivity contribution in [2.45, 2.75) is 87.5 Å². The Morgan fingerprint density at radius 1 is 0.868 bits per heavy atom. The Kier molecular flexibility index (Phi) is 19.3. The Morgan fingerprint density at radius 2 is 1.50 bits per heavy atom. The molecule has 212 valence electrons. The Balaban J connectivity index is 0.000000625. The van der Waals surface area contributed by atoms with Crippen LogP contribution in [0.3, 0.4) is 0 Å². The molecule has 0 atom stereocenters. The second-order valence-corrected chi connectivity index (χ2v) is 8.95. The number of hydrogen-bond donors (Lipinski definition) is 2. The van der Waals surface area contributed by atoms with Crippen molar-refractivity contribution < 1.29 is 13.9 Å². The van der Waals surface area contributed by atoms with Gasteiger partial charge in [-0.1, -0.05) is 84.2 Å². The van der Waals surface area contributed by atoms with Crippen LogP contribution in [0.4, 0.5) is 5.69 Å². The maximum Gasteiger partial charge on any atom is 0.291 e. The Morgan fingerprint density at radius 3 is 2.00 bits per heavy atom. The summed E-state index contributed by atoms with van der Waals surface area (Å²) in [7, 11) is 3.58. The summed E-state index contributed by atoms with van der Waals surface area (Å²) >= 11 is 0. The van der Waals surface area contributed by atoms with Gasteiger partial charge in [-0.3, -0.25) is 4.79 Å². The maximum atomic E-state index is 12.1. The smallest absolute Gasteiger partial charge is 0.291 e. The van der Waals surface area contributed by atoms with Crippen LogP contribution in [0, 0.1) is 20.8 Å². The van der Waals surface area contributed by atoms with Gasteiger partial charge in [0.05, 0.1) is 12.8 Å². The molecule has 0 unspecified atom stereocenters. The number of furan rings is 1. The summed E-state index contributed by atoms with van der Waals surface area (Å²) in [6.45, 7) is 17.4. The van der Waals surface area contributed by atoms with Gasteiger partial charge in [0.2, 0.25) is 0 Å². The molecule has 0 aliphatic carbocycles. The van der Waals surface area contributed by atoms with Gasteiger partial charge in [-0.2, -0.15) is 0 Å². The number of anilines is 1. The number of rotatable bonds is 9. The number of likely N-dealkylation sites (N-methyl/N-ethyl adjacent to an activating group) is 1. The minimum atomic E-state index is -0.279. The van der Waals surface area contributed by atoms with Gasteiger partial charge in [-0.15, -0.1) is 0 Å². The molecule has 1 heterocycles. The van der Waals surface area contributed by atoms with Crippen LogP contribution in [0.5, 0.6) is 5.75 Å². The van der Waals surface area contributed by atoms with Crippen molar-refractivity contribution >= 4 is 11.6 Å². The summed E-state index contributed by atoms with van der Waals surface area (Å²) in [5.41, 5.74) is 5.62. The van der Waals surface area contributed by atoms with Crippen LogP contribution < -0.4 is 15.4 Å². The van der Waals surface area contributed by atoms with Gasteiger partial charge >= 0.3 is 0 Å². The minimum absolute atomic E-state index is 0.279. The van der Waals surface area contributed by atoms with E-state index in [2.05, 4.69) is 55.7 Å². The summed E-state index contributed by atoms with van der Waals surface area (Å²) in [5, 5.41) is 6.00. The SMILES string of the molecule is CC.CCCC.CCCc1cccc(CCNC)c1.COc1cc(C)cc(C)c1NC(=O)c1ccc(C)o1. The van der Waals surface area contributed by atoms with Crippen LogP contribution in [0.1, 0.15) is 92.4 Å². The molecule has 0 aliphatic rings. The molecule has 3 aromatic rings. The number of unbranched alkanes of at least 4 members (excludes halogenated alkanes) is 1. The van der Waals surface area contributed by atoms with Crippen molar-refractivity contribution in [3.8, 4) is 5.75 Å². The van der Waals surface area contributed by atoms with E-state index in [9.17, 15) is 4.79 Å². The van der Waals surface area contributed by atoms with E-state index in [0.717, 1.165) is 24.1 Å². The van der Waals surface area contributed by atoms with E-state index in [0.29, 0.717) is 23.0 Å². The first-order chi connectivity index (χ1) is 18.3. The van der Waals surface area contributed by atoms with Crippen molar-refractivity contribution in [2.24, 2.45) is 0 Å². The first-order valence-electron chi connectivity index (χ1n) is 14.0. The van der Waals surface area contributed by atoms with Crippen molar-refractivity contribution in [2.75, 3.05) is 26.0 Å². The number of carbonyl (C=O) groups is 1. The zero-order chi connectivity index (χ0) is 28.9. The van der Waals surface area contributed by atoms with E-state index in [4.69, 9.17) is 9.15 Å². The lowest BCUT2D eigenvalue weighted by Crippen LogP contribution is -2.13. The minimum Gasteiger partial charge on any atom is -0.495 e. The van der Waals surface area contributed by atoms with Gasteiger partial charge in [-0.05, 0) is 87.7 Å². The van der Waals surface area contributed by atoms with Crippen LogP contribution in [0.25, 0.3) is 0 Å². The molecule has 0 saturated carbocycles. The predicted octanol–water partition coefficient (Wildman–Crippen LogP) is 8.70. The third-order valence-electron chi connectivity index (χ3n) is 5.56. The lowest BCUT2D eigenvalue weighted by atomic mass is 10.1. The second-order valence-electron chi connectivity index (χ2n) is 8.95. The third kappa shape index (κ3) is 13.5. The highest BCUT2D eigenvalue weighted by molar-refractivity contribution is 6.03. The zero-order valence-corrected chi connectivity index (χ0v) is 25.6. The fourth-order valence-corrected chi connectivity index (χ4v) is 3.48. The summed E-state index contributed by atoms with van der Waals surface area (Å²) in [4.78, 5) is 12.1. The lowest BCUT2D eigenvalue weighted by Gasteiger charge is -2.13. The summed E-state index contributed by atoms with van der Waals surface area (Å²) in [6, 6.07) is 16.2. The molecule has 0 saturated heterocycles. The molecule has 38 heavy (non-hydrogen) atoms.